The van der Waals surface area contributed by atoms with Crippen molar-refractivity contribution in [3.8, 4) is 11.5 Å². The van der Waals surface area contributed by atoms with Gasteiger partial charge in [0, 0.05) is 6.07 Å². The summed E-state index contributed by atoms with van der Waals surface area (Å²) in [4.78, 5) is 11.8. The van der Waals surface area contributed by atoms with E-state index < -0.39 is 21.7 Å². The van der Waals surface area contributed by atoms with E-state index in [2.05, 4.69) is 0 Å². The second-order valence-corrected chi connectivity index (χ2v) is 7.37. The van der Waals surface area contributed by atoms with Gasteiger partial charge in [-0.05, 0) is 32.9 Å². The average molecular weight is 315 g/mol. The number of rotatable bonds is 0. The van der Waals surface area contributed by atoms with Crippen molar-refractivity contribution >= 4 is 16.1 Å². The molecule has 1 aliphatic heterocycles. The molecule has 0 spiro atoms. The van der Waals surface area contributed by atoms with E-state index in [1.54, 1.807) is 20.8 Å². The lowest BCUT2D eigenvalue weighted by Crippen LogP contribution is -2.41. The van der Waals surface area contributed by atoms with E-state index in [4.69, 9.17) is 9.47 Å². The van der Waals surface area contributed by atoms with Crippen LogP contribution in [0.1, 0.15) is 20.8 Å². The van der Waals surface area contributed by atoms with Crippen LogP contribution in [0.4, 0.5) is 4.79 Å². The van der Waals surface area contributed by atoms with Crippen LogP contribution in [0.5, 0.6) is 11.5 Å². The number of phenols is 1. The summed E-state index contributed by atoms with van der Waals surface area (Å²) in [5.41, 5.74) is -0.818. The molecule has 1 aliphatic rings. The van der Waals surface area contributed by atoms with Gasteiger partial charge in [-0.1, -0.05) is 0 Å². The summed E-state index contributed by atoms with van der Waals surface area (Å²) in [6.45, 7) is 4.78. The van der Waals surface area contributed by atoms with Gasteiger partial charge in [0.25, 0.3) is 10.0 Å². The largest absolute Gasteiger partial charge is 0.508 e. The van der Waals surface area contributed by atoms with Crippen molar-refractivity contribution in [2.45, 2.75) is 31.3 Å². The van der Waals surface area contributed by atoms with E-state index in [1.807, 2.05) is 0 Å². The van der Waals surface area contributed by atoms with Crippen LogP contribution in [-0.4, -0.2) is 42.7 Å². The molecule has 7 nitrogen and oxygen atoms in total. The highest BCUT2D eigenvalue weighted by Gasteiger charge is 2.37. The van der Waals surface area contributed by atoms with Crippen molar-refractivity contribution in [3.63, 3.8) is 0 Å². The average Bonchev–Trinajstić information content (AvgIpc) is 2.44. The van der Waals surface area contributed by atoms with Crippen molar-refractivity contribution in [1.82, 2.24) is 4.31 Å². The number of ether oxygens (including phenoxy) is 2. The minimum absolute atomic E-state index is 0.0102. The first-order chi connectivity index (χ1) is 9.61. The number of aromatic hydroxyl groups is 1. The number of phenolic OH excluding ortho intramolecular Hbond substituents is 1. The molecule has 21 heavy (non-hydrogen) atoms. The fraction of sp³-hybridized carbons (Fsp3) is 0.462. The van der Waals surface area contributed by atoms with Crippen molar-refractivity contribution in [2.75, 3.05) is 13.2 Å². The maximum absolute atomic E-state index is 12.5. The van der Waals surface area contributed by atoms with Gasteiger partial charge in [0.15, 0.2) is 0 Å². The third kappa shape index (κ3) is 3.21. The zero-order valence-electron chi connectivity index (χ0n) is 12.0. The molecule has 1 aromatic carbocycles. The number of hydrogen-bond acceptors (Lipinski definition) is 6. The zero-order chi connectivity index (χ0) is 15.8. The number of amides is 1. The van der Waals surface area contributed by atoms with Gasteiger partial charge in [0.1, 0.15) is 28.6 Å². The molecule has 0 atom stereocenters. The molecule has 0 aliphatic carbocycles. The molecule has 0 radical (unpaired) electrons. The van der Waals surface area contributed by atoms with Crippen LogP contribution in [0.25, 0.3) is 0 Å². The molecule has 1 N–H and O–H groups in total. The highest BCUT2D eigenvalue weighted by molar-refractivity contribution is 7.89. The zero-order valence-corrected chi connectivity index (χ0v) is 12.8. The van der Waals surface area contributed by atoms with E-state index in [-0.39, 0.29) is 29.5 Å². The molecular formula is C13H17NO6S. The van der Waals surface area contributed by atoms with Crippen LogP contribution in [0.3, 0.4) is 0 Å². The lowest BCUT2D eigenvalue weighted by Gasteiger charge is -2.25. The molecule has 0 saturated heterocycles. The quantitative estimate of drug-likeness (QED) is 0.783. The maximum Gasteiger partial charge on any atom is 0.424 e. The molecule has 0 bridgehead atoms. The standard InChI is InChI=1S/C13H17NO6S/c1-13(2,3)20-12(16)14-6-7-19-10-5-4-9(15)8-11(10)21(14,17)18/h4-5,8,15H,6-7H2,1-3H3. The number of hydrogen-bond donors (Lipinski definition) is 1. The summed E-state index contributed by atoms with van der Waals surface area (Å²) in [5, 5.41) is 9.47. The Morgan fingerprint density at radius 2 is 2.05 bits per heavy atom. The van der Waals surface area contributed by atoms with Crippen molar-refractivity contribution in [3.05, 3.63) is 18.2 Å². The first kappa shape index (κ1) is 15.4. The molecule has 116 valence electrons. The minimum atomic E-state index is -4.14. The summed E-state index contributed by atoms with van der Waals surface area (Å²) < 4.78 is 36.1. The highest BCUT2D eigenvalue weighted by atomic mass is 32.2. The Morgan fingerprint density at radius 1 is 1.38 bits per heavy atom. The Labute approximate surface area is 123 Å². The minimum Gasteiger partial charge on any atom is -0.508 e. The van der Waals surface area contributed by atoms with E-state index in [0.717, 1.165) is 6.07 Å². The first-order valence-electron chi connectivity index (χ1n) is 6.33. The number of fused-ring (bicyclic) bond motifs is 1. The monoisotopic (exact) mass is 315 g/mol. The first-order valence-corrected chi connectivity index (χ1v) is 7.77. The molecule has 8 heteroatoms. The van der Waals surface area contributed by atoms with Gasteiger partial charge in [-0.25, -0.2) is 13.2 Å². The molecule has 0 aromatic heterocycles. The molecule has 1 amide bonds. The Bertz CT molecular complexity index is 662. The summed E-state index contributed by atoms with van der Waals surface area (Å²) >= 11 is 0. The second-order valence-electron chi connectivity index (χ2n) is 5.54. The van der Waals surface area contributed by atoms with Crippen molar-refractivity contribution in [1.29, 1.82) is 0 Å². The van der Waals surface area contributed by atoms with Gasteiger partial charge in [0.2, 0.25) is 0 Å². The van der Waals surface area contributed by atoms with Crippen LogP contribution in [-0.2, 0) is 14.8 Å². The van der Waals surface area contributed by atoms with E-state index in [9.17, 15) is 18.3 Å². The smallest absolute Gasteiger partial charge is 0.424 e. The number of carbonyl (C=O) groups excluding carboxylic acids is 1. The molecule has 1 heterocycles. The Morgan fingerprint density at radius 3 is 2.67 bits per heavy atom. The molecule has 2 rings (SSSR count). The maximum atomic E-state index is 12.5. The number of sulfonamides is 1. The molecular weight excluding hydrogens is 298 g/mol. The summed E-state index contributed by atoms with van der Waals surface area (Å²) in [6, 6.07) is 3.71. The van der Waals surface area contributed by atoms with E-state index in [1.165, 1.54) is 12.1 Å². The highest BCUT2D eigenvalue weighted by Crippen LogP contribution is 2.32. The predicted molar refractivity (Wildman–Crippen MR) is 73.7 cm³/mol. The third-order valence-electron chi connectivity index (χ3n) is 2.64. The van der Waals surface area contributed by atoms with Crippen LogP contribution in [0.2, 0.25) is 0 Å². The number of nitrogens with zero attached hydrogens (tertiary/aromatic N) is 1. The summed E-state index contributed by atoms with van der Waals surface area (Å²) in [7, 11) is -4.14. The van der Waals surface area contributed by atoms with Gasteiger partial charge in [-0.15, -0.1) is 0 Å². The third-order valence-corrected chi connectivity index (χ3v) is 4.43. The molecule has 0 fully saturated rings. The van der Waals surface area contributed by atoms with Crippen LogP contribution in [0, 0.1) is 0 Å². The molecule has 1 aromatic rings. The summed E-state index contributed by atoms with van der Waals surface area (Å²) in [5.74, 6) is -0.133. The number of benzene rings is 1. The van der Waals surface area contributed by atoms with Crippen LogP contribution >= 0.6 is 0 Å². The normalized spacial score (nSPS) is 17.4. The Kier molecular flexibility index (Phi) is 3.75. The topological polar surface area (TPSA) is 93.1 Å². The lowest BCUT2D eigenvalue weighted by molar-refractivity contribution is 0.0381. The van der Waals surface area contributed by atoms with Gasteiger partial charge < -0.3 is 14.6 Å². The van der Waals surface area contributed by atoms with E-state index >= 15 is 0 Å². The second kappa shape index (κ2) is 5.10. The molecule has 0 saturated carbocycles. The Balaban J connectivity index is 2.44. The van der Waals surface area contributed by atoms with Crippen molar-refractivity contribution in [2.24, 2.45) is 0 Å². The van der Waals surface area contributed by atoms with Crippen LogP contribution < -0.4 is 4.74 Å². The van der Waals surface area contributed by atoms with Gasteiger partial charge >= 0.3 is 6.09 Å². The number of carbonyl (C=O) groups is 1. The lowest BCUT2D eigenvalue weighted by atomic mass is 10.2. The SMILES string of the molecule is CC(C)(C)OC(=O)N1CCOc2ccc(O)cc2S1(=O)=O. The fourth-order valence-corrected chi connectivity index (χ4v) is 3.23. The Hall–Kier alpha value is -1.96. The van der Waals surface area contributed by atoms with Crippen LogP contribution in [0.15, 0.2) is 23.1 Å². The van der Waals surface area contributed by atoms with Gasteiger partial charge in [-0.3, -0.25) is 0 Å². The predicted octanol–water partition coefficient (Wildman–Crippen LogP) is 1.71. The molecule has 0 unspecified atom stereocenters. The van der Waals surface area contributed by atoms with Gasteiger partial charge in [0.05, 0.1) is 6.54 Å². The fourth-order valence-electron chi connectivity index (χ4n) is 1.80. The van der Waals surface area contributed by atoms with E-state index in [0.29, 0.717) is 4.31 Å². The van der Waals surface area contributed by atoms with Crippen molar-refractivity contribution < 1.29 is 27.8 Å². The summed E-state index contributed by atoms with van der Waals surface area (Å²) in [6.07, 6.45) is -0.970. The van der Waals surface area contributed by atoms with Gasteiger partial charge in [-0.2, -0.15) is 4.31 Å².